The number of aromatic nitrogens is 3. The number of esters is 1. The highest BCUT2D eigenvalue weighted by molar-refractivity contribution is 8.09. The molecule has 0 aromatic carbocycles. The minimum Gasteiger partial charge on any atom is -0.462 e. The molecule has 0 radical (unpaired) electrons. The second kappa shape index (κ2) is 5.77. The predicted molar refractivity (Wildman–Crippen MR) is 81.1 cm³/mol. The summed E-state index contributed by atoms with van der Waals surface area (Å²) in [5, 5.41) is 3.87. The molecular weight excluding hydrogens is 348 g/mol. The van der Waals surface area contributed by atoms with Gasteiger partial charge in [-0.2, -0.15) is 0 Å². The number of hydrogen-bond acceptors (Lipinski definition) is 8. The van der Waals surface area contributed by atoms with Gasteiger partial charge in [0.15, 0.2) is 17.0 Å². The van der Waals surface area contributed by atoms with Gasteiger partial charge in [0.05, 0.1) is 19.1 Å². The molecule has 126 valence electrons. The first-order valence-electron chi connectivity index (χ1n) is 6.28. The first kappa shape index (κ1) is 17.1. The Hall–Kier alpha value is -2.21. The predicted octanol–water partition coefficient (Wildman–Crippen LogP) is -0.368. The molecule has 0 atom stereocenters. The summed E-state index contributed by atoms with van der Waals surface area (Å²) in [6.45, 7) is 1.57. The van der Waals surface area contributed by atoms with Crippen molar-refractivity contribution in [2.24, 2.45) is 0 Å². The summed E-state index contributed by atoms with van der Waals surface area (Å²) in [5.41, 5.74) is -0.360. The first-order valence-corrected chi connectivity index (χ1v) is 9.98. The summed E-state index contributed by atoms with van der Waals surface area (Å²) in [6.07, 6.45) is 4.15. The molecule has 2 heterocycles. The highest BCUT2D eigenvalue weighted by atomic mass is 32.3. The molecule has 0 aliphatic heterocycles. The minimum absolute atomic E-state index is 0.0141. The first-order chi connectivity index (χ1) is 10.6. The molecule has 0 spiro atoms. The van der Waals surface area contributed by atoms with E-state index in [1.807, 2.05) is 0 Å². The van der Waals surface area contributed by atoms with Crippen LogP contribution in [0.15, 0.2) is 18.5 Å². The number of carbonyl (C=O) groups is 1. The molecular formula is C11H14N4O6S2. The van der Waals surface area contributed by atoms with E-state index >= 15 is 0 Å². The van der Waals surface area contributed by atoms with E-state index in [1.54, 1.807) is 6.92 Å². The Kier molecular flexibility index (Phi) is 4.30. The molecule has 0 saturated heterocycles. The van der Waals surface area contributed by atoms with Crippen LogP contribution >= 0.6 is 0 Å². The maximum atomic E-state index is 12.2. The van der Waals surface area contributed by atoms with Crippen molar-refractivity contribution in [3.63, 3.8) is 0 Å². The van der Waals surface area contributed by atoms with Crippen LogP contribution < -0.4 is 3.71 Å². The van der Waals surface area contributed by atoms with Crippen molar-refractivity contribution in [3.8, 4) is 0 Å². The molecule has 0 aliphatic carbocycles. The maximum absolute atomic E-state index is 12.2. The van der Waals surface area contributed by atoms with Gasteiger partial charge < -0.3 is 4.74 Å². The smallest absolute Gasteiger partial charge is 0.345 e. The quantitative estimate of drug-likeness (QED) is 0.659. The number of fused-ring (bicyclic) bond motifs is 1. The van der Waals surface area contributed by atoms with Crippen LogP contribution in [0.3, 0.4) is 0 Å². The second-order valence-electron chi connectivity index (χ2n) is 4.53. The lowest BCUT2D eigenvalue weighted by molar-refractivity contribution is 0.0529. The number of hydrogen-bond donors (Lipinski definition) is 0. The fourth-order valence-corrected chi connectivity index (χ4v) is 4.80. The van der Waals surface area contributed by atoms with Crippen LogP contribution in [-0.2, 0) is 24.8 Å². The van der Waals surface area contributed by atoms with Gasteiger partial charge in [0.2, 0.25) is 20.0 Å². The molecule has 0 fully saturated rings. The van der Waals surface area contributed by atoms with E-state index in [1.165, 1.54) is 18.5 Å². The van der Waals surface area contributed by atoms with E-state index in [2.05, 4.69) is 10.1 Å². The normalized spacial score (nSPS) is 12.3. The third-order valence-corrected chi connectivity index (χ3v) is 5.81. The Balaban J connectivity index is 2.87. The maximum Gasteiger partial charge on any atom is 0.345 e. The summed E-state index contributed by atoms with van der Waals surface area (Å²) in [6, 6.07) is 1.49. The van der Waals surface area contributed by atoms with Crippen molar-refractivity contribution < 1.29 is 26.4 Å². The van der Waals surface area contributed by atoms with Crippen LogP contribution in [0, 0.1) is 0 Å². The second-order valence-corrected chi connectivity index (χ2v) is 8.42. The van der Waals surface area contributed by atoms with Crippen molar-refractivity contribution in [2.45, 2.75) is 6.92 Å². The van der Waals surface area contributed by atoms with Gasteiger partial charge in [0.1, 0.15) is 0 Å². The number of ether oxygens (including phenoxy) is 1. The van der Waals surface area contributed by atoms with Crippen LogP contribution in [0.4, 0.5) is 5.82 Å². The van der Waals surface area contributed by atoms with Crippen molar-refractivity contribution in [3.05, 3.63) is 24.0 Å². The fraction of sp³-hybridized carbons (Fsp3) is 0.364. The van der Waals surface area contributed by atoms with Crippen LogP contribution in [0.25, 0.3) is 5.65 Å². The molecule has 10 nitrogen and oxygen atoms in total. The molecule has 0 bridgehead atoms. The van der Waals surface area contributed by atoms with E-state index in [0.29, 0.717) is 12.5 Å². The van der Waals surface area contributed by atoms with Gasteiger partial charge in [0.25, 0.3) is 0 Å². The lowest BCUT2D eigenvalue weighted by Gasteiger charge is -2.17. The van der Waals surface area contributed by atoms with Gasteiger partial charge in [-0.25, -0.2) is 31.1 Å². The Bertz CT molecular complexity index is 932. The van der Waals surface area contributed by atoms with Crippen LogP contribution in [0.1, 0.15) is 17.3 Å². The zero-order valence-electron chi connectivity index (χ0n) is 12.5. The Morgan fingerprint density at radius 3 is 2.39 bits per heavy atom. The topological polar surface area (TPSA) is 128 Å². The third-order valence-electron chi connectivity index (χ3n) is 2.63. The van der Waals surface area contributed by atoms with Crippen molar-refractivity contribution >= 4 is 37.5 Å². The highest BCUT2D eigenvalue weighted by Gasteiger charge is 2.36. The molecule has 0 saturated carbocycles. The zero-order chi connectivity index (χ0) is 17.4. The molecule has 0 unspecified atom stereocenters. The van der Waals surface area contributed by atoms with Gasteiger partial charge in [-0.15, -0.1) is 8.81 Å². The fourth-order valence-electron chi connectivity index (χ4n) is 1.95. The van der Waals surface area contributed by atoms with Gasteiger partial charge in [-0.1, -0.05) is 0 Å². The molecule has 0 amide bonds. The van der Waals surface area contributed by atoms with Crippen LogP contribution in [-0.4, -0.2) is 56.5 Å². The summed E-state index contributed by atoms with van der Waals surface area (Å²) in [7, 11) is -8.52. The van der Waals surface area contributed by atoms with Crippen molar-refractivity contribution in [1.82, 2.24) is 14.6 Å². The van der Waals surface area contributed by atoms with Gasteiger partial charge in [0, 0.05) is 12.4 Å². The van der Waals surface area contributed by atoms with E-state index in [9.17, 15) is 21.6 Å². The molecule has 12 heteroatoms. The van der Waals surface area contributed by atoms with Gasteiger partial charge >= 0.3 is 5.97 Å². The number of rotatable bonds is 5. The average molecular weight is 362 g/mol. The zero-order valence-corrected chi connectivity index (χ0v) is 14.1. The minimum atomic E-state index is -4.26. The molecule has 2 aromatic rings. The molecule has 23 heavy (non-hydrogen) atoms. The number of carbonyl (C=O) groups excluding carboxylic acids is 1. The van der Waals surface area contributed by atoms with E-state index < -0.39 is 31.8 Å². The monoisotopic (exact) mass is 362 g/mol. The van der Waals surface area contributed by atoms with Crippen LogP contribution in [0.5, 0.6) is 0 Å². The Labute approximate surface area is 132 Å². The molecule has 2 rings (SSSR count). The lowest BCUT2D eigenvalue weighted by Crippen LogP contribution is -2.36. The van der Waals surface area contributed by atoms with Gasteiger partial charge in [-0.05, 0) is 13.0 Å². The van der Waals surface area contributed by atoms with E-state index in [-0.39, 0.29) is 21.5 Å². The largest absolute Gasteiger partial charge is 0.462 e. The van der Waals surface area contributed by atoms with Crippen molar-refractivity contribution in [1.29, 1.82) is 0 Å². The van der Waals surface area contributed by atoms with E-state index in [4.69, 9.17) is 4.74 Å². The summed E-state index contributed by atoms with van der Waals surface area (Å²) < 4.78 is 53.7. The third kappa shape index (κ3) is 3.27. The SMILES string of the molecule is CCOC(=O)c1c(N(S(C)(=O)=O)S(C)(=O)=O)nn2cccnc12. The van der Waals surface area contributed by atoms with E-state index in [0.717, 1.165) is 4.52 Å². The summed E-state index contributed by atoms with van der Waals surface area (Å²) >= 11 is 0. The standard InChI is InChI=1S/C11H14N4O6S2/c1-4-21-11(16)8-9-12-6-5-7-14(9)13-10(8)15(22(2,17)18)23(3,19)20/h5-7H,4H2,1-3H3. The molecule has 0 aliphatic rings. The number of sulfonamides is 2. The Morgan fingerprint density at radius 2 is 1.87 bits per heavy atom. The number of nitrogens with zero attached hydrogens (tertiary/aromatic N) is 4. The molecule has 2 aromatic heterocycles. The van der Waals surface area contributed by atoms with Crippen molar-refractivity contribution in [2.75, 3.05) is 22.8 Å². The lowest BCUT2D eigenvalue weighted by atomic mass is 10.3. The highest BCUT2D eigenvalue weighted by Crippen LogP contribution is 2.27. The molecule has 0 N–H and O–H groups in total. The van der Waals surface area contributed by atoms with Crippen LogP contribution in [0.2, 0.25) is 0 Å². The number of anilines is 1. The Morgan fingerprint density at radius 1 is 1.26 bits per heavy atom. The van der Waals surface area contributed by atoms with Gasteiger partial charge in [-0.3, -0.25) is 0 Å². The average Bonchev–Trinajstić information content (AvgIpc) is 2.73. The summed E-state index contributed by atoms with van der Waals surface area (Å²) in [4.78, 5) is 16.1. The summed E-state index contributed by atoms with van der Waals surface area (Å²) in [5.74, 6) is -1.50.